The normalized spacial score (nSPS) is 10.9. The van der Waals surface area contributed by atoms with Gasteiger partial charge in [0.25, 0.3) is 0 Å². The second kappa shape index (κ2) is 6.64. The van der Waals surface area contributed by atoms with Crippen LogP contribution < -0.4 is 15.7 Å². The Kier molecular flexibility index (Phi) is 4.16. The van der Waals surface area contributed by atoms with Gasteiger partial charge < -0.3 is 10.1 Å². The fourth-order valence-electron chi connectivity index (χ4n) is 3.13. The fraction of sp³-hybridized carbons (Fsp3) is 0.143. The number of nitrogens with one attached hydrogen (secondary N) is 1. The molecule has 4 rings (SSSR count). The lowest BCUT2D eigenvalue weighted by Crippen LogP contribution is -2.20. The van der Waals surface area contributed by atoms with Gasteiger partial charge in [-0.2, -0.15) is 0 Å². The minimum absolute atomic E-state index is 0.120. The highest BCUT2D eigenvalue weighted by Gasteiger charge is 2.14. The quantitative estimate of drug-likeness (QED) is 0.602. The van der Waals surface area contributed by atoms with E-state index in [4.69, 9.17) is 4.74 Å². The number of benzene rings is 2. The van der Waals surface area contributed by atoms with Crippen molar-refractivity contribution in [3.63, 3.8) is 0 Å². The second-order valence-corrected chi connectivity index (χ2v) is 6.37. The predicted molar refractivity (Wildman–Crippen MR) is 107 cm³/mol. The number of nitrogens with zero attached hydrogens (tertiary/aromatic N) is 3. The summed E-state index contributed by atoms with van der Waals surface area (Å²) in [6.45, 7) is 2.04. The number of methoxy groups -OCH3 is 1. The van der Waals surface area contributed by atoms with Crippen molar-refractivity contribution >= 4 is 22.5 Å². The number of imidazole rings is 1. The summed E-state index contributed by atoms with van der Waals surface area (Å²) in [4.78, 5) is 17.3. The molecule has 0 amide bonds. The van der Waals surface area contributed by atoms with Gasteiger partial charge in [-0.05, 0) is 42.8 Å². The average Bonchev–Trinajstić information content (AvgIpc) is 2.94. The molecule has 136 valence electrons. The van der Waals surface area contributed by atoms with Crippen LogP contribution in [0.15, 0.2) is 65.6 Å². The van der Waals surface area contributed by atoms with E-state index in [0.717, 1.165) is 33.7 Å². The van der Waals surface area contributed by atoms with Gasteiger partial charge in [0, 0.05) is 18.8 Å². The molecule has 0 atom stereocenters. The summed E-state index contributed by atoms with van der Waals surface area (Å²) in [5, 5.41) is 3.33. The van der Waals surface area contributed by atoms with Crippen LogP contribution in [0.4, 0.5) is 11.5 Å². The SMILES string of the molecule is COc1ccc(-n2c(=O)n(C)c3cnc(Nc4ccccc4C)cc32)cc1. The lowest BCUT2D eigenvalue weighted by Gasteiger charge is -2.09. The first-order valence-electron chi connectivity index (χ1n) is 8.63. The third-order valence-electron chi connectivity index (χ3n) is 4.68. The van der Waals surface area contributed by atoms with Gasteiger partial charge in [0.15, 0.2) is 0 Å². The molecule has 0 fully saturated rings. The molecule has 6 heteroatoms. The molecule has 2 heterocycles. The van der Waals surface area contributed by atoms with Crippen LogP contribution in [0.2, 0.25) is 0 Å². The Morgan fingerprint density at radius 1 is 1.04 bits per heavy atom. The zero-order valence-electron chi connectivity index (χ0n) is 15.4. The summed E-state index contributed by atoms with van der Waals surface area (Å²) in [6.07, 6.45) is 1.72. The van der Waals surface area contributed by atoms with Crippen LogP contribution in [0.3, 0.4) is 0 Å². The van der Waals surface area contributed by atoms with Crippen LogP contribution in [-0.2, 0) is 7.05 Å². The molecule has 1 N–H and O–H groups in total. The molecule has 0 aliphatic rings. The van der Waals surface area contributed by atoms with Crippen LogP contribution in [0, 0.1) is 6.92 Å². The number of hydrogen-bond acceptors (Lipinski definition) is 4. The number of aromatic nitrogens is 3. The van der Waals surface area contributed by atoms with Crippen LogP contribution in [0.1, 0.15) is 5.56 Å². The minimum Gasteiger partial charge on any atom is -0.497 e. The lowest BCUT2D eigenvalue weighted by molar-refractivity contribution is 0.414. The van der Waals surface area contributed by atoms with Crippen LogP contribution in [-0.4, -0.2) is 21.2 Å². The Hall–Kier alpha value is -3.54. The minimum atomic E-state index is -0.120. The number of para-hydroxylation sites is 1. The third-order valence-corrected chi connectivity index (χ3v) is 4.68. The van der Waals surface area contributed by atoms with Crippen LogP contribution in [0.5, 0.6) is 5.75 Å². The maximum absolute atomic E-state index is 12.8. The van der Waals surface area contributed by atoms with Crippen molar-refractivity contribution < 1.29 is 4.74 Å². The molecule has 0 spiro atoms. The van der Waals surface area contributed by atoms with E-state index in [1.54, 1.807) is 29.5 Å². The van der Waals surface area contributed by atoms with E-state index in [0.29, 0.717) is 5.82 Å². The zero-order valence-corrected chi connectivity index (χ0v) is 15.4. The van der Waals surface area contributed by atoms with E-state index in [1.807, 2.05) is 61.5 Å². The van der Waals surface area contributed by atoms with Gasteiger partial charge in [-0.15, -0.1) is 0 Å². The average molecular weight is 360 g/mol. The molecule has 0 unspecified atom stereocenters. The first-order valence-corrected chi connectivity index (χ1v) is 8.63. The van der Waals surface area contributed by atoms with Crippen molar-refractivity contribution in [2.24, 2.45) is 7.05 Å². The number of hydrogen-bond donors (Lipinski definition) is 1. The standard InChI is InChI=1S/C21H20N4O2/c1-14-6-4-5-7-17(14)23-20-12-18-19(13-22-20)24(2)21(26)25(18)15-8-10-16(27-3)11-9-15/h4-13H,1-3H3,(H,22,23). The summed E-state index contributed by atoms with van der Waals surface area (Å²) in [5.41, 5.74) is 4.33. The van der Waals surface area contributed by atoms with Gasteiger partial charge >= 0.3 is 5.69 Å². The Morgan fingerprint density at radius 2 is 1.78 bits per heavy atom. The zero-order chi connectivity index (χ0) is 19.0. The molecule has 4 aromatic rings. The summed E-state index contributed by atoms with van der Waals surface area (Å²) in [7, 11) is 3.37. The molecule has 0 aliphatic heterocycles. The third kappa shape index (κ3) is 2.95. The van der Waals surface area contributed by atoms with Gasteiger partial charge in [-0.1, -0.05) is 18.2 Å². The Balaban J connectivity index is 1.84. The summed E-state index contributed by atoms with van der Waals surface area (Å²) in [5.74, 6) is 1.43. The highest BCUT2D eigenvalue weighted by atomic mass is 16.5. The van der Waals surface area contributed by atoms with Gasteiger partial charge in [-0.25, -0.2) is 9.78 Å². The molecule has 0 aliphatic carbocycles. The van der Waals surface area contributed by atoms with Crippen LogP contribution >= 0.6 is 0 Å². The molecular weight excluding hydrogens is 340 g/mol. The maximum atomic E-state index is 12.8. The summed E-state index contributed by atoms with van der Waals surface area (Å²) < 4.78 is 8.49. The van der Waals surface area contributed by atoms with E-state index in [2.05, 4.69) is 10.3 Å². The molecular formula is C21H20N4O2. The number of fused-ring (bicyclic) bond motifs is 1. The Bertz CT molecular complexity index is 1170. The van der Waals surface area contributed by atoms with Gasteiger partial charge in [0.05, 0.1) is 30.0 Å². The largest absolute Gasteiger partial charge is 0.497 e. The van der Waals surface area contributed by atoms with Crippen molar-refractivity contribution in [1.82, 2.24) is 14.1 Å². The van der Waals surface area contributed by atoms with Gasteiger partial charge in [0.2, 0.25) is 0 Å². The fourth-order valence-corrected chi connectivity index (χ4v) is 3.13. The van der Waals surface area contributed by atoms with Crippen LogP contribution in [0.25, 0.3) is 16.7 Å². The molecule has 0 saturated heterocycles. The Labute approximate surface area is 156 Å². The first-order chi connectivity index (χ1) is 13.1. The molecule has 0 radical (unpaired) electrons. The van der Waals surface area contributed by atoms with Crippen molar-refractivity contribution in [3.8, 4) is 11.4 Å². The van der Waals surface area contributed by atoms with Crippen molar-refractivity contribution in [1.29, 1.82) is 0 Å². The number of anilines is 2. The monoisotopic (exact) mass is 360 g/mol. The predicted octanol–water partition coefficient (Wildman–Crippen LogP) is 3.78. The van der Waals surface area contributed by atoms with E-state index < -0.39 is 0 Å². The topological polar surface area (TPSA) is 61.1 Å². The van der Waals surface area contributed by atoms with E-state index in [-0.39, 0.29) is 5.69 Å². The number of ether oxygens (including phenoxy) is 1. The molecule has 0 bridgehead atoms. The van der Waals surface area contributed by atoms with E-state index in [1.165, 1.54) is 0 Å². The van der Waals surface area contributed by atoms with Gasteiger partial charge in [-0.3, -0.25) is 9.13 Å². The smallest absolute Gasteiger partial charge is 0.333 e. The first kappa shape index (κ1) is 16.9. The highest BCUT2D eigenvalue weighted by Crippen LogP contribution is 2.24. The number of aryl methyl sites for hydroxylation is 2. The lowest BCUT2D eigenvalue weighted by atomic mass is 10.2. The maximum Gasteiger partial charge on any atom is 0.333 e. The Morgan fingerprint density at radius 3 is 2.48 bits per heavy atom. The molecule has 0 saturated carbocycles. The summed E-state index contributed by atoms with van der Waals surface area (Å²) in [6, 6.07) is 17.3. The molecule has 2 aromatic carbocycles. The van der Waals surface area contributed by atoms with Crippen molar-refractivity contribution in [2.75, 3.05) is 12.4 Å². The number of pyridine rings is 1. The van der Waals surface area contributed by atoms with Crippen molar-refractivity contribution in [2.45, 2.75) is 6.92 Å². The van der Waals surface area contributed by atoms with E-state index >= 15 is 0 Å². The molecule has 2 aromatic heterocycles. The number of rotatable bonds is 4. The van der Waals surface area contributed by atoms with E-state index in [9.17, 15) is 4.79 Å². The molecule has 27 heavy (non-hydrogen) atoms. The second-order valence-electron chi connectivity index (χ2n) is 6.37. The molecule has 6 nitrogen and oxygen atoms in total. The van der Waals surface area contributed by atoms with Gasteiger partial charge in [0.1, 0.15) is 11.6 Å². The highest BCUT2D eigenvalue weighted by molar-refractivity contribution is 5.81. The van der Waals surface area contributed by atoms with Crippen molar-refractivity contribution in [3.05, 3.63) is 76.8 Å². The summed E-state index contributed by atoms with van der Waals surface area (Å²) >= 11 is 0.